The van der Waals surface area contributed by atoms with Crippen LogP contribution in [0.1, 0.15) is 11.3 Å². The fourth-order valence-corrected chi connectivity index (χ4v) is 3.35. The Bertz CT molecular complexity index is 895. The number of hydrogen-bond acceptors (Lipinski definition) is 5. The van der Waals surface area contributed by atoms with E-state index < -0.39 is 23.6 Å². The molecule has 0 unspecified atom stereocenters. The average molecular weight is 400 g/mol. The van der Waals surface area contributed by atoms with Crippen LogP contribution in [0.25, 0.3) is 11.0 Å². The number of benzene rings is 1. The van der Waals surface area contributed by atoms with Crippen LogP contribution in [-0.4, -0.2) is 39.0 Å². The van der Waals surface area contributed by atoms with Crippen LogP contribution >= 0.6 is 0 Å². The molecule has 3 aromatic rings. The molecule has 0 amide bonds. The second-order valence-electron chi connectivity index (χ2n) is 5.33. The zero-order valence-corrected chi connectivity index (χ0v) is 15.5. The molecule has 3 N–H and O–H groups in total. The van der Waals surface area contributed by atoms with Gasteiger partial charge in [-0.2, -0.15) is 13.2 Å². The van der Waals surface area contributed by atoms with Crippen LogP contribution in [0, 0.1) is 6.92 Å². The van der Waals surface area contributed by atoms with Gasteiger partial charge in [0, 0.05) is 11.8 Å². The van der Waals surface area contributed by atoms with Gasteiger partial charge in [-0.1, -0.05) is 12.1 Å². The molecule has 2 heterocycles. The highest BCUT2D eigenvalue weighted by molar-refractivity contribution is 7.84. The molecular weight excluding hydrogens is 381 g/mol. The minimum absolute atomic E-state index is 0.0227. The molecule has 10 heteroatoms. The van der Waals surface area contributed by atoms with E-state index in [2.05, 4.69) is 20.7 Å². The minimum atomic E-state index is -4.42. The molecule has 27 heavy (non-hydrogen) atoms. The van der Waals surface area contributed by atoms with Crippen molar-refractivity contribution in [1.82, 2.24) is 15.0 Å². The number of nitrogens with one attached hydrogen (secondary N) is 1. The van der Waals surface area contributed by atoms with E-state index in [1.54, 1.807) is 13.0 Å². The highest BCUT2D eigenvalue weighted by Gasteiger charge is 2.29. The zero-order chi connectivity index (χ0) is 20.0. The van der Waals surface area contributed by atoms with E-state index >= 15 is 0 Å². The van der Waals surface area contributed by atoms with Gasteiger partial charge in [-0.3, -0.25) is 9.19 Å². The number of imidazole rings is 1. The van der Waals surface area contributed by atoms with E-state index in [1.807, 2.05) is 18.2 Å². The molecule has 0 aliphatic heterocycles. The summed E-state index contributed by atoms with van der Waals surface area (Å²) in [6, 6.07) is 8.62. The largest absolute Gasteiger partial charge is 0.484 e. The van der Waals surface area contributed by atoms with Crippen molar-refractivity contribution in [2.75, 3.05) is 13.7 Å². The lowest BCUT2D eigenvalue weighted by Gasteiger charge is -2.13. The van der Waals surface area contributed by atoms with E-state index in [0.717, 1.165) is 5.52 Å². The fraction of sp³-hybridized carbons (Fsp3) is 0.294. The molecule has 146 valence electrons. The van der Waals surface area contributed by atoms with Crippen molar-refractivity contribution in [3.8, 4) is 5.75 Å². The fourth-order valence-electron chi connectivity index (χ4n) is 2.25. The Balaban J connectivity index is 0.00000126. The number of nitrogens with zero attached hydrogens (tertiary/aromatic N) is 2. The first kappa shape index (κ1) is 20.8. The van der Waals surface area contributed by atoms with Gasteiger partial charge in [0.2, 0.25) is 0 Å². The van der Waals surface area contributed by atoms with Crippen molar-refractivity contribution in [3.05, 3.63) is 47.8 Å². The highest BCUT2D eigenvalue weighted by atomic mass is 32.2. The lowest BCUT2D eigenvalue weighted by atomic mass is 10.2. The molecule has 0 fully saturated rings. The van der Waals surface area contributed by atoms with Gasteiger partial charge >= 0.3 is 6.18 Å². The topological polar surface area (TPSA) is 93.9 Å². The number of ether oxygens (including phenoxy) is 1. The minimum Gasteiger partial charge on any atom is -0.484 e. The van der Waals surface area contributed by atoms with Crippen molar-refractivity contribution in [2.24, 2.45) is 5.73 Å². The summed E-state index contributed by atoms with van der Waals surface area (Å²) in [6.07, 6.45) is -3.09. The van der Waals surface area contributed by atoms with E-state index in [9.17, 15) is 17.4 Å². The van der Waals surface area contributed by atoms with Crippen LogP contribution in [0.15, 0.2) is 41.7 Å². The van der Waals surface area contributed by atoms with E-state index in [1.165, 1.54) is 19.3 Å². The third kappa shape index (κ3) is 5.51. The first-order chi connectivity index (χ1) is 12.8. The summed E-state index contributed by atoms with van der Waals surface area (Å²) < 4.78 is 54.2. The van der Waals surface area contributed by atoms with Crippen molar-refractivity contribution in [2.45, 2.75) is 24.0 Å². The summed E-state index contributed by atoms with van der Waals surface area (Å²) in [4.78, 5) is 11.3. The Hall–Kier alpha value is -2.46. The quantitative estimate of drug-likeness (QED) is 0.686. The number of H-pyrrole nitrogens is 1. The molecule has 3 rings (SSSR count). The van der Waals surface area contributed by atoms with Crippen molar-refractivity contribution >= 4 is 21.8 Å². The second-order valence-corrected chi connectivity index (χ2v) is 6.70. The molecule has 0 saturated carbocycles. The average Bonchev–Trinajstić information content (AvgIpc) is 3.08. The maximum Gasteiger partial charge on any atom is 0.422 e. The molecule has 0 radical (unpaired) electrons. The Morgan fingerprint density at radius 2 is 1.93 bits per heavy atom. The van der Waals surface area contributed by atoms with Gasteiger partial charge in [-0.25, -0.2) is 4.98 Å². The van der Waals surface area contributed by atoms with Crippen LogP contribution in [0.5, 0.6) is 5.75 Å². The second kappa shape index (κ2) is 8.96. The maximum atomic E-state index is 12.5. The number of aromatic nitrogens is 3. The van der Waals surface area contributed by atoms with Gasteiger partial charge in [0.1, 0.15) is 5.75 Å². The summed E-state index contributed by atoms with van der Waals surface area (Å²) in [5, 5.41) is 0.295. The number of nitrogens with two attached hydrogens (primary N) is 1. The third-order valence-electron chi connectivity index (χ3n) is 3.50. The zero-order valence-electron chi connectivity index (χ0n) is 14.7. The highest BCUT2D eigenvalue weighted by Crippen LogP contribution is 2.24. The third-order valence-corrected chi connectivity index (χ3v) is 4.66. The normalized spacial score (nSPS) is 12.4. The molecular formula is C17H19F3N4O2S. The molecule has 6 nitrogen and oxygen atoms in total. The van der Waals surface area contributed by atoms with E-state index in [-0.39, 0.29) is 11.5 Å². The molecule has 0 spiro atoms. The molecule has 2 aromatic heterocycles. The van der Waals surface area contributed by atoms with Gasteiger partial charge in [0.15, 0.2) is 11.8 Å². The van der Waals surface area contributed by atoms with Crippen molar-refractivity contribution in [3.63, 3.8) is 0 Å². The maximum absolute atomic E-state index is 12.5. The van der Waals surface area contributed by atoms with Gasteiger partial charge in [-0.05, 0) is 32.2 Å². The summed E-state index contributed by atoms with van der Waals surface area (Å²) in [6.45, 7) is 0.202. The van der Waals surface area contributed by atoms with Gasteiger partial charge in [-0.15, -0.1) is 0 Å². The number of halogens is 3. The number of alkyl halides is 3. The lowest BCUT2D eigenvalue weighted by Crippen LogP contribution is -2.19. The number of fused-ring (bicyclic) bond motifs is 1. The first-order valence-electron chi connectivity index (χ1n) is 7.88. The molecule has 1 aromatic carbocycles. The van der Waals surface area contributed by atoms with Crippen molar-refractivity contribution in [1.29, 1.82) is 0 Å². The molecule has 1 atom stereocenters. The Kier molecular flexibility index (Phi) is 6.92. The Labute approximate surface area is 156 Å². The van der Waals surface area contributed by atoms with Crippen molar-refractivity contribution < 1.29 is 22.1 Å². The smallest absolute Gasteiger partial charge is 0.422 e. The van der Waals surface area contributed by atoms with Crippen LogP contribution in [0.4, 0.5) is 13.2 Å². The monoisotopic (exact) mass is 400 g/mol. The van der Waals surface area contributed by atoms with Crippen LogP contribution in [0.2, 0.25) is 0 Å². The predicted octanol–water partition coefficient (Wildman–Crippen LogP) is 3.09. The van der Waals surface area contributed by atoms with E-state index in [4.69, 9.17) is 4.74 Å². The van der Waals surface area contributed by atoms with Crippen LogP contribution in [-0.2, 0) is 16.6 Å². The Morgan fingerprint density at radius 1 is 1.22 bits per heavy atom. The molecule has 0 saturated heterocycles. The number of hydrogen-bond donors (Lipinski definition) is 2. The number of aromatic amines is 1. The summed E-state index contributed by atoms with van der Waals surface area (Å²) >= 11 is 0. The van der Waals surface area contributed by atoms with Gasteiger partial charge in [0.25, 0.3) is 0 Å². The Morgan fingerprint density at radius 3 is 2.59 bits per heavy atom. The van der Waals surface area contributed by atoms with Crippen LogP contribution < -0.4 is 10.5 Å². The van der Waals surface area contributed by atoms with Gasteiger partial charge in [0.05, 0.1) is 33.3 Å². The first-order valence-corrected chi connectivity index (χ1v) is 9.20. The van der Waals surface area contributed by atoms with Crippen LogP contribution in [0.3, 0.4) is 0 Å². The van der Waals surface area contributed by atoms with E-state index in [0.29, 0.717) is 21.9 Å². The molecule has 0 aliphatic rings. The SMILES string of the molecule is CN.Cc1c(OCC(F)(F)F)ccnc1C[S@@](=O)c1nc2ccccc2[nH]1. The number of para-hydroxylation sites is 2. The molecule has 0 aliphatic carbocycles. The standard InChI is InChI=1S/C16H14F3N3O2S.CH5N/c1-10-13(20-7-6-14(10)24-9-16(17,18)19)8-25(23)15-21-11-4-2-3-5-12(11)22-15;1-2/h2-7H,8-9H2,1H3,(H,21,22);2H2,1H3/t25-;/m1./s1. The summed E-state index contributed by atoms with van der Waals surface area (Å²) in [5.74, 6) is 0.0958. The summed E-state index contributed by atoms with van der Waals surface area (Å²) in [7, 11) is -0.0136. The molecule has 0 bridgehead atoms. The predicted molar refractivity (Wildman–Crippen MR) is 96.8 cm³/mol. The number of rotatable bonds is 5. The van der Waals surface area contributed by atoms with Gasteiger partial charge < -0.3 is 15.5 Å². The lowest BCUT2D eigenvalue weighted by molar-refractivity contribution is -0.153. The number of pyridine rings is 1. The summed E-state index contributed by atoms with van der Waals surface area (Å²) in [5.41, 5.74) is 6.78.